The molecule has 8 heteroatoms. The van der Waals surface area contributed by atoms with E-state index in [-0.39, 0.29) is 12.0 Å². The van der Waals surface area contributed by atoms with Gasteiger partial charge in [0.25, 0.3) is 0 Å². The average molecular weight is 402 g/mol. The van der Waals surface area contributed by atoms with Crippen molar-refractivity contribution < 1.29 is 14.3 Å². The first kappa shape index (κ1) is 21.0. The van der Waals surface area contributed by atoms with Gasteiger partial charge in [-0.05, 0) is 38.0 Å². The Morgan fingerprint density at radius 1 is 1.07 bits per heavy atom. The summed E-state index contributed by atoms with van der Waals surface area (Å²) in [6, 6.07) is 8.07. The number of ether oxygens (including phenoxy) is 1. The van der Waals surface area contributed by atoms with Crippen LogP contribution in [0.15, 0.2) is 29.3 Å². The first-order valence-corrected chi connectivity index (χ1v) is 10.5. The van der Waals surface area contributed by atoms with Gasteiger partial charge in [-0.1, -0.05) is 12.1 Å². The molecule has 0 saturated carbocycles. The molecule has 0 atom stereocenters. The predicted octanol–water partition coefficient (Wildman–Crippen LogP) is 2.05. The first-order valence-electron chi connectivity index (χ1n) is 10.5. The van der Waals surface area contributed by atoms with Crippen LogP contribution in [0.25, 0.3) is 0 Å². The van der Waals surface area contributed by atoms with Crippen molar-refractivity contribution in [2.75, 3.05) is 50.8 Å². The number of aliphatic imine (C=N–C) groups is 1. The molecule has 8 nitrogen and oxygen atoms in total. The summed E-state index contributed by atoms with van der Waals surface area (Å²) >= 11 is 0. The molecule has 1 aromatic rings. The van der Waals surface area contributed by atoms with Crippen LogP contribution in [0, 0.1) is 0 Å². The number of amides is 2. The molecule has 0 bridgehead atoms. The minimum atomic E-state index is -0.245. The molecule has 2 amide bonds. The molecule has 1 N–H and O–H groups in total. The summed E-state index contributed by atoms with van der Waals surface area (Å²) in [6.07, 6.45) is 1.33. The lowest BCUT2D eigenvalue weighted by molar-refractivity contribution is -0.117. The summed E-state index contributed by atoms with van der Waals surface area (Å²) in [5.41, 5.74) is 2.06. The Balaban J connectivity index is 1.58. The highest BCUT2D eigenvalue weighted by Crippen LogP contribution is 2.21. The number of hydrogen-bond acceptors (Lipinski definition) is 4. The van der Waals surface area contributed by atoms with Gasteiger partial charge in [0, 0.05) is 51.4 Å². The zero-order valence-corrected chi connectivity index (χ0v) is 17.4. The fraction of sp³-hybridized carbons (Fsp3) is 0.571. The third-order valence-electron chi connectivity index (χ3n) is 5.17. The Bertz CT molecular complexity index is 726. The summed E-state index contributed by atoms with van der Waals surface area (Å²) in [4.78, 5) is 34.3. The van der Waals surface area contributed by atoms with E-state index in [9.17, 15) is 9.59 Å². The highest BCUT2D eigenvalue weighted by molar-refractivity contribution is 5.95. The Kier molecular flexibility index (Phi) is 7.32. The number of guanidine groups is 1. The zero-order chi connectivity index (χ0) is 20.6. The van der Waals surface area contributed by atoms with Crippen LogP contribution >= 0.6 is 0 Å². The monoisotopic (exact) mass is 401 g/mol. The maximum absolute atomic E-state index is 11.9. The van der Waals surface area contributed by atoms with E-state index >= 15 is 0 Å². The van der Waals surface area contributed by atoms with Gasteiger partial charge >= 0.3 is 6.09 Å². The number of piperazine rings is 1. The number of hydrogen-bond donors (Lipinski definition) is 1. The number of carbonyl (C=O) groups is 2. The number of benzene rings is 1. The van der Waals surface area contributed by atoms with Gasteiger partial charge in [-0.3, -0.25) is 4.79 Å². The predicted molar refractivity (Wildman–Crippen MR) is 113 cm³/mol. The lowest BCUT2D eigenvalue weighted by atomic mass is 10.2. The maximum atomic E-state index is 11.9. The summed E-state index contributed by atoms with van der Waals surface area (Å²) < 4.78 is 5.08. The molecule has 0 unspecified atom stereocenters. The van der Waals surface area contributed by atoms with Crippen LogP contribution in [-0.4, -0.2) is 73.6 Å². The minimum absolute atomic E-state index is 0.201. The highest BCUT2D eigenvalue weighted by atomic mass is 16.6. The lowest BCUT2D eigenvalue weighted by Crippen LogP contribution is -2.53. The summed E-state index contributed by atoms with van der Waals surface area (Å²) in [7, 11) is 0. The molecule has 2 saturated heterocycles. The van der Waals surface area contributed by atoms with Crippen molar-refractivity contribution in [3.8, 4) is 0 Å². The molecule has 0 aromatic heterocycles. The van der Waals surface area contributed by atoms with Gasteiger partial charge in [0.15, 0.2) is 5.96 Å². The Morgan fingerprint density at radius 3 is 2.34 bits per heavy atom. The molecule has 2 aliphatic heterocycles. The van der Waals surface area contributed by atoms with Crippen LogP contribution in [0.3, 0.4) is 0 Å². The van der Waals surface area contributed by atoms with Crippen LogP contribution in [-0.2, 0) is 16.1 Å². The van der Waals surface area contributed by atoms with Crippen molar-refractivity contribution in [2.45, 2.75) is 33.2 Å². The molecule has 0 spiro atoms. The normalized spacial score (nSPS) is 17.7. The van der Waals surface area contributed by atoms with Crippen LogP contribution in [0.1, 0.15) is 32.3 Å². The second kappa shape index (κ2) is 10.1. The summed E-state index contributed by atoms with van der Waals surface area (Å²) in [5, 5.41) is 3.34. The fourth-order valence-electron chi connectivity index (χ4n) is 3.61. The maximum Gasteiger partial charge on any atom is 0.409 e. The van der Waals surface area contributed by atoms with Crippen molar-refractivity contribution in [2.24, 2.45) is 4.99 Å². The number of nitrogens with zero attached hydrogens (tertiary/aromatic N) is 4. The highest BCUT2D eigenvalue weighted by Gasteiger charge is 2.24. The van der Waals surface area contributed by atoms with E-state index in [1.165, 1.54) is 0 Å². The fourth-order valence-corrected chi connectivity index (χ4v) is 3.61. The number of rotatable bonds is 5. The first-order chi connectivity index (χ1) is 14.1. The zero-order valence-electron chi connectivity index (χ0n) is 17.4. The topological polar surface area (TPSA) is 77.5 Å². The van der Waals surface area contributed by atoms with E-state index in [2.05, 4.69) is 10.2 Å². The molecule has 0 aliphatic carbocycles. The average Bonchev–Trinajstić information content (AvgIpc) is 3.18. The van der Waals surface area contributed by atoms with Crippen molar-refractivity contribution >= 4 is 23.6 Å². The molecular formula is C21H31N5O3. The van der Waals surface area contributed by atoms with E-state index in [1.807, 2.05) is 43.0 Å². The number of nitrogens with one attached hydrogen (secondary N) is 1. The van der Waals surface area contributed by atoms with Crippen LogP contribution in [0.4, 0.5) is 10.5 Å². The van der Waals surface area contributed by atoms with Crippen LogP contribution in [0.2, 0.25) is 0 Å². The van der Waals surface area contributed by atoms with E-state index in [1.54, 1.807) is 4.90 Å². The number of anilines is 1. The van der Waals surface area contributed by atoms with Gasteiger partial charge in [-0.15, -0.1) is 0 Å². The second-order valence-corrected chi connectivity index (χ2v) is 7.16. The lowest BCUT2D eigenvalue weighted by Gasteiger charge is -2.35. The van der Waals surface area contributed by atoms with Gasteiger partial charge < -0.3 is 24.8 Å². The van der Waals surface area contributed by atoms with E-state index < -0.39 is 0 Å². The van der Waals surface area contributed by atoms with Gasteiger partial charge in [0.05, 0.1) is 13.2 Å². The third kappa shape index (κ3) is 5.40. The Morgan fingerprint density at radius 2 is 1.76 bits per heavy atom. The minimum Gasteiger partial charge on any atom is -0.450 e. The Labute approximate surface area is 172 Å². The smallest absolute Gasteiger partial charge is 0.409 e. The molecule has 1 aromatic carbocycles. The summed E-state index contributed by atoms with van der Waals surface area (Å²) in [5.74, 6) is 1.06. The largest absolute Gasteiger partial charge is 0.450 e. The molecule has 2 aliphatic rings. The molecule has 2 fully saturated rings. The van der Waals surface area contributed by atoms with Gasteiger partial charge in [-0.2, -0.15) is 0 Å². The van der Waals surface area contributed by atoms with E-state index in [4.69, 9.17) is 9.73 Å². The van der Waals surface area contributed by atoms with Crippen molar-refractivity contribution in [3.05, 3.63) is 29.8 Å². The number of carbonyl (C=O) groups excluding carboxylic acids is 2. The van der Waals surface area contributed by atoms with Gasteiger partial charge in [-0.25, -0.2) is 9.79 Å². The van der Waals surface area contributed by atoms with E-state index in [0.717, 1.165) is 49.8 Å². The Hall–Kier alpha value is -2.77. The van der Waals surface area contributed by atoms with E-state index in [0.29, 0.717) is 32.7 Å². The second-order valence-electron chi connectivity index (χ2n) is 7.16. The van der Waals surface area contributed by atoms with Crippen molar-refractivity contribution in [1.29, 1.82) is 0 Å². The molecule has 0 radical (unpaired) electrons. The molecule has 2 heterocycles. The van der Waals surface area contributed by atoms with Gasteiger partial charge in [0.1, 0.15) is 0 Å². The standard InChI is InChI=1S/C21H31N5O3/c1-3-22-20(24-12-14-25(15-13-24)21(28)29-4-2)23-16-17-7-9-18(10-8-17)26-11-5-6-19(26)27/h7-10H,3-6,11-16H2,1-2H3,(H,22,23). The third-order valence-corrected chi connectivity index (χ3v) is 5.17. The molecule has 3 rings (SSSR count). The van der Waals surface area contributed by atoms with Crippen LogP contribution in [0.5, 0.6) is 0 Å². The van der Waals surface area contributed by atoms with Crippen molar-refractivity contribution in [1.82, 2.24) is 15.1 Å². The SMILES string of the molecule is CCNC(=NCc1ccc(N2CCCC2=O)cc1)N1CCN(C(=O)OCC)CC1. The summed E-state index contributed by atoms with van der Waals surface area (Å²) in [6.45, 7) is 9.12. The molecule has 158 valence electrons. The molecule has 29 heavy (non-hydrogen) atoms. The van der Waals surface area contributed by atoms with Crippen molar-refractivity contribution in [3.63, 3.8) is 0 Å². The van der Waals surface area contributed by atoms with Crippen LogP contribution < -0.4 is 10.2 Å². The molecular weight excluding hydrogens is 370 g/mol. The quantitative estimate of drug-likeness (QED) is 0.604. The van der Waals surface area contributed by atoms with Gasteiger partial charge in [0.2, 0.25) is 5.91 Å².